The molecule has 0 spiro atoms. The summed E-state index contributed by atoms with van der Waals surface area (Å²) in [7, 11) is 0. The van der Waals surface area contributed by atoms with Crippen LogP contribution < -0.4 is 5.32 Å². The summed E-state index contributed by atoms with van der Waals surface area (Å²) < 4.78 is 46.0. The average Bonchev–Trinajstić information content (AvgIpc) is 2.36. The second-order valence-electron chi connectivity index (χ2n) is 5.21. The Kier molecular flexibility index (Phi) is 7.10. The van der Waals surface area contributed by atoms with Crippen molar-refractivity contribution in [2.24, 2.45) is 5.41 Å². The summed E-state index contributed by atoms with van der Waals surface area (Å²) in [5.41, 5.74) is 0.0653. The van der Waals surface area contributed by atoms with Gasteiger partial charge in [0.15, 0.2) is 0 Å². The van der Waals surface area contributed by atoms with E-state index in [0.717, 1.165) is 39.0 Å². The van der Waals surface area contributed by atoms with Crippen molar-refractivity contribution in [1.29, 1.82) is 0 Å². The van der Waals surface area contributed by atoms with Gasteiger partial charge in [0.2, 0.25) is 0 Å². The summed E-state index contributed by atoms with van der Waals surface area (Å²) in [5.74, 6) is 0. The first kappa shape index (κ1) is 16.7. The normalized spacial score (nSPS) is 24.6. The van der Waals surface area contributed by atoms with Crippen LogP contribution in [0.25, 0.3) is 0 Å². The Morgan fingerprint density at radius 3 is 2.74 bits per heavy atom. The molecule has 1 saturated heterocycles. The predicted octanol–water partition coefficient (Wildman–Crippen LogP) is 2.75. The van der Waals surface area contributed by atoms with Crippen molar-refractivity contribution in [2.45, 2.75) is 38.8 Å². The number of alkyl halides is 3. The molecule has 1 unspecified atom stereocenters. The zero-order valence-electron chi connectivity index (χ0n) is 11.5. The lowest BCUT2D eigenvalue weighted by molar-refractivity contribution is -0.174. The average molecular weight is 283 g/mol. The van der Waals surface area contributed by atoms with Gasteiger partial charge in [-0.25, -0.2) is 0 Å². The highest BCUT2D eigenvalue weighted by Crippen LogP contribution is 2.33. The monoisotopic (exact) mass is 283 g/mol. The number of hydrogen-bond donors (Lipinski definition) is 1. The van der Waals surface area contributed by atoms with Crippen LogP contribution in [0.1, 0.15) is 32.6 Å². The Hall–Kier alpha value is -0.330. The highest BCUT2D eigenvalue weighted by molar-refractivity contribution is 4.84. The van der Waals surface area contributed by atoms with Crippen molar-refractivity contribution >= 4 is 0 Å². The van der Waals surface area contributed by atoms with Gasteiger partial charge in [-0.3, -0.25) is 0 Å². The molecule has 0 bridgehead atoms. The molecule has 0 aromatic heterocycles. The zero-order chi connectivity index (χ0) is 14.2. The largest absolute Gasteiger partial charge is 0.411 e. The van der Waals surface area contributed by atoms with E-state index in [9.17, 15) is 13.2 Å². The number of ether oxygens (including phenoxy) is 2. The van der Waals surface area contributed by atoms with E-state index in [1.807, 2.05) is 6.92 Å². The van der Waals surface area contributed by atoms with Crippen molar-refractivity contribution in [2.75, 3.05) is 39.5 Å². The third-order valence-electron chi connectivity index (χ3n) is 3.42. The minimum atomic E-state index is -4.23. The number of nitrogens with one attached hydrogen (secondary N) is 1. The van der Waals surface area contributed by atoms with Crippen LogP contribution in [0, 0.1) is 5.41 Å². The topological polar surface area (TPSA) is 30.5 Å². The summed E-state index contributed by atoms with van der Waals surface area (Å²) in [6.45, 7) is 4.30. The van der Waals surface area contributed by atoms with Crippen LogP contribution in [0.2, 0.25) is 0 Å². The minimum Gasteiger partial charge on any atom is -0.381 e. The first-order valence-corrected chi connectivity index (χ1v) is 6.90. The SMILES string of the molecule is CCNCC1(CCCOCC(F)(F)F)CCCOC1. The van der Waals surface area contributed by atoms with Crippen molar-refractivity contribution < 1.29 is 22.6 Å². The summed E-state index contributed by atoms with van der Waals surface area (Å²) in [6.07, 6.45) is -0.647. The van der Waals surface area contributed by atoms with E-state index in [4.69, 9.17) is 4.74 Å². The summed E-state index contributed by atoms with van der Waals surface area (Å²) in [6, 6.07) is 0. The summed E-state index contributed by atoms with van der Waals surface area (Å²) in [5, 5.41) is 3.32. The Morgan fingerprint density at radius 1 is 1.37 bits per heavy atom. The molecular formula is C13H24F3NO2. The van der Waals surface area contributed by atoms with Gasteiger partial charge in [0, 0.05) is 25.2 Å². The third-order valence-corrected chi connectivity index (χ3v) is 3.42. The lowest BCUT2D eigenvalue weighted by Crippen LogP contribution is -2.41. The Morgan fingerprint density at radius 2 is 2.16 bits per heavy atom. The van der Waals surface area contributed by atoms with E-state index in [1.54, 1.807) is 0 Å². The molecule has 1 heterocycles. The van der Waals surface area contributed by atoms with Crippen LogP contribution in [-0.4, -0.2) is 45.7 Å². The van der Waals surface area contributed by atoms with Crippen molar-refractivity contribution in [3.8, 4) is 0 Å². The number of hydrogen-bond acceptors (Lipinski definition) is 3. The molecule has 1 aliphatic rings. The molecule has 0 radical (unpaired) electrons. The molecule has 1 fully saturated rings. The molecule has 1 N–H and O–H groups in total. The molecule has 0 aromatic rings. The zero-order valence-corrected chi connectivity index (χ0v) is 11.5. The maximum atomic E-state index is 11.9. The molecule has 0 amide bonds. The van der Waals surface area contributed by atoms with Gasteiger partial charge in [0.25, 0.3) is 0 Å². The number of rotatable bonds is 8. The fraction of sp³-hybridized carbons (Fsp3) is 1.00. The smallest absolute Gasteiger partial charge is 0.381 e. The first-order valence-electron chi connectivity index (χ1n) is 6.90. The molecule has 3 nitrogen and oxygen atoms in total. The van der Waals surface area contributed by atoms with Gasteiger partial charge in [-0.15, -0.1) is 0 Å². The van der Waals surface area contributed by atoms with Crippen LogP contribution in [0.4, 0.5) is 13.2 Å². The highest BCUT2D eigenvalue weighted by atomic mass is 19.4. The van der Waals surface area contributed by atoms with Crippen LogP contribution in [0.15, 0.2) is 0 Å². The lowest BCUT2D eigenvalue weighted by Gasteiger charge is -2.37. The molecule has 114 valence electrons. The molecule has 0 saturated carbocycles. The quantitative estimate of drug-likeness (QED) is 0.695. The maximum absolute atomic E-state index is 11.9. The van der Waals surface area contributed by atoms with E-state index in [1.165, 1.54) is 0 Å². The highest BCUT2D eigenvalue weighted by Gasteiger charge is 2.32. The molecular weight excluding hydrogens is 259 g/mol. The second-order valence-corrected chi connectivity index (χ2v) is 5.21. The molecule has 0 aromatic carbocycles. The van der Waals surface area contributed by atoms with Gasteiger partial charge < -0.3 is 14.8 Å². The van der Waals surface area contributed by atoms with Gasteiger partial charge in [0.1, 0.15) is 6.61 Å². The fourth-order valence-corrected chi connectivity index (χ4v) is 2.46. The van der Waals surface area contributed by atoms with Crippen molar-refractivity contribution in [3.63, 3.8) is 0 Å². The molecule has 6 heteroatoms. The lowest BCUT2D eigenvalue weighted by atomic mass is 9.78. The van der Waals surface area contributed by atoms with Crippen LogP contribution in [0.3, 0.4) is 0 Å². The van der Waals surface area contributed by atoms with Gasteiger partial charge in [-0.1, -0.05) is 6.92 Å². The Labute approximate surface area is 112 Å². The first-order chi connectivity index (χ1) is 8.97. The summed E-state index contributed by atoms with van der Waals surface area (Å²) in [4.78, 5) is 0. The predicted molar refractivity (Wildman–Crippen MR) is 67.1 cm³/mol. The molecule has 1 rings (SSSR count). The van der Waals surface area contributed by atoms with Crippen molar-refractivity contribution in [1.82, 2.24) is 5.32 Å². The van der Waals surface area contributed by atoms with E-state index < -0.39 is 12.8 Å². The molecule has 1 aliphatic heterocycles. The maximum Gasteiger partial charge on any atom is 0.411 e. The van der Waals surface area contributed by atoms with Crippen LogP contribution in [0.5, 0.6) is 0 Å². The minimum absolute atomic E-state index is 0.0653. The fourth-order valence-electron chi connectivity index (χ4n) is 2.46. The van der Waals surface area contributed by atoms with Crippen LogP contribution in [-0.2, 0) is 9.47 Å². The van der Waals surface area contributed by atoms with Gasteiger partial charge in [-0.05, 0) is 32.2 Å². The van der Waals surface area contributed by atoms with Crippen molar-refractivity contribution in [3.05, 3.63) is 0 Å². The number of halogens is 3. The molecule has 0 aliphatic carbocycles. The van der Waals surface area contributed by atoms with Gasteiger partial charge in [0.05, 0.1) is 6.61 Å². The van der Waals surface area contributed by atoms with Crippen LogP contribution >= 0.6 is 0 Å². The van der Waals surface area contributed by atoms with E-state index in [-0.39, 0.29) is 12.0 Å². The summed E-state index contributed by atoms with van der Waals surface area (Å²) >= 11 is 0. The molecule has 19 heavy (non-hydrogen) atoms. The standard InChI is InChI=1S/C13H24F3NO2/c1-2-17-9-12(5-3-7-18-10-12)6-4-8-19-11-13(14,15)16/h17H,2-11H2,1H3. The Balaban J connectivity index is 2.25. The third kappa shape index (κ3) is 7.13. The van der Waals surface area contributed by atoms with Gasteiger partial charge >= 0.3 is 6.18 Å². The van der Waals surface area contributed by atoms with Gasteiger partial charge in [-0.2, -0.15) is 13.2 Å². The van der Waals surface area contributed by atoms with E-state index >= 15 is 0 Å². The van der Waals surface area contributed by atoms with E-state index in [2.05, 4.69) is 10.1 Å². The Bertz CT molecular complexity index is 241. The molecule has 1 atom stereocenters. The second kappa shape index (κ2) is 8.07. The van der Waals surface area contributed by atoms with E-state index in [0.29, 0.717) is 13.0 Å².